The van der Waals surface area contributed by atoms with E-state index in [1.807, 2.05) is 0 Å². The van der Waals surface area contributed by atoms with Gasteiger partial charge in [-0.15, -0.1) is 0 Å². The Kier molecular flexibility index (Phi) is 4.77. The number of hydrogen-bond acceptors (Lipinski definition) is 3. The fraction of sp³-hybridized carbons (Fsp3) is 0.200. The highest BCUT2D eigenvalue weighted by molar-refractivity contribution is 4.56. The van der Waals surface area contributed by atoms with Gasteiger partial charge in [0.15, 0.2) is 6.39 Å². The van der Waals surface area contributed by atoms with E-state index in [2.05, 4.69) is 9.40 Å². The minimum Gasteiger partial charge on any atom is -0.452 e. The molecule has 0 fully saturated rings. The average Bonchev–Trinajstić information content (AvgIpc) is 2.17. The molecule has 1 aromatic rings. The zero-order valence-corrected chi connectivity index (χ0v) is 4.53. The van der Waals surface area contributed by atoms with Gasteiger partial charge in [-0.25, -0.2) is 4.98 Å². The van der Waals surface area contributed by atoms with Crippen LogP contribution in [0, 0.1) is 11.3 Å². The molecule has 0 N–H and O–H groups in total. The van der Waals surface area contributed by atoms with E-state index < -0.39 is 0 Å². The van der Waals surface area contributed by atoms with Crippen LogP contribution in [-0.4, -0.2) is 4.98 Å². The molecule has 0 saturated carbocycles. The highest BCUT2D eigenvalue weighted by Gasteiger charge is 1.59. The summed E-state index contributed by atoms with van der Waals surface area (Å²) >= 11 is 0. The zero-order valence-electron chi connectivity index (χ0n) is 4.53. The number of hydrogen-bond donors (Lipinski definition) is 0. The maximum Gasteiger partial charge on any atom is 0.180 e. The van der Waals surface area contributed by atoms with Gasteiger partial charge in [-0.3, -0.25) is 0 Å². The van der Waals surface area contributed by atoms with Crippen LogP contribution in [-0.2, 0) is 0 Å². The number of nitrogens with zero attached hydrogens (tertiary/aromatic N) is 2. The standard InChI is InChI=1S/C3H3NO.C2H3N/c1-2-5-3-4-1;1-2-3/h1-3H;1H3. The van der Waals surface area contributed by atoms with Crippen LogP contribution < -0.4 is 0 Å². The molecule has 1 aromatic heterocycles. The highest BCUT2D eigenvalue weighted by Crippen LogP contribution is 1.72. The van der Waals surface area contributed by atoms with Gasteiger partial charge >= 0.3 is 0 Å². The van der Waals surface area contributed by atoms with Gasteiger partial charge in [-0.1, -0.05) is 0 Å². The molecular weight excluding hydrogens is 104 g/mol. The van der Waals surface area contributed by atoms with Gasteiger partial charge in [0.05, 0.1) is 12.3 Å². The first-order chi connectivity index (χ1) is 3.91. The van der Waals surface area contributed by atoms with Crippen LogP contribution in [0.3, 0.4) is 0 Å². The molecule has 0 amide bonds. The van der Waals surface area contributed by atoms with Crippen LogP contribution in [0.1, 0.15) is 6.92 Å². The van der Waals surface area contributed by atoms with E-state index in [-0.39, 0.29) is 0 Å². The summed E-state index contributed by atoms with van der Waals surface area (Å²) in [5.41, 5.74) is 0. The van der Waals surface area contributed by atoms with E-state index in [9.17, 15) is 0 Å². The largest absolute Gasteiger partial charge is 0.452 e. The monoisotopic (exact) mass is 110 g/mol. The Hall–Kier alpha value is -1.30. The SMILES string of the molecule is CC#N.c1cocn1. The van der Waals surface area contributed by atoms with E-state index in [1.54, 1.807) is 12.3 Å². The maximum atomic E-state index is 7.32. The molecule has 0 bridgehead atoms. The van der Waals surface area contributed by atoms with Crippen molar-refractivity contribution in [2.75, 3.05) is 0 Å². The van der Waals surface area contributed by atoms with Crippen molar-refractivity contribution in [2.24, 2.45) is 0 Å². The lowest BCUT2D eigenvalue weighted by atomic mass is 11.0. The highest BCUT2D eigenvalue weighted by atomic mass is 16.3. The van der Waals surface area contributed by atoms with Crippen LogP contribution in [0.5, 0.6) is 0 Å². The molecule has 3 heteroatoms. The lowest BCUT2D eigenvalue weighted by Crippen LogP contribution is -1.38. The minimum atomic E-state index is 1.38. The van der Waals surface area contributed by atoms with Crippen LogP contribution >= 0.6 is 0 Å². The summed E-state index contributed by atoms with van der Waals surface area (Å²) in [6.07, 6.45) is 4.47. The third-order valence-electron chi connectivity index (χ3n) is 0.347. The summed E-state index contributed by atoms with van der Waals surface area (Å²) in [5, 5.41) is 7.32. The topological polar surface area (TPSA) is 49.8 Å². The second kappa shape index (κ2) is 5.70. The molecule has 0 aliphatic rings. The van der Waals surface area contributed by atoms with Gasteiger partial charge in [0.25, 0.3) is 0 Å². The molecule has 8 heavy (non-hydrogen) atoms. The molecule has 0 atom stereocenters. The summed E-state index contributed by atoms with van der Waals surface area (Å²) in [7, 11) is 0. The van der Waals surface area contributed by atoms with Gasteiger partial charge in [0.2, 0.25) is 0 Å². The fourth-order valence-corrected chi connectivity index (χ4v) is 0.176. The second-order valence-electron chi connectivity index (χ2n) is 0.899. The fourth-order valence-electron chi connectivity index (χ4n) is 0.176. The predicted molar refractivity (Wildman–Crippen MR) is 27.8 cm³/mol. The Labute approximate surface area is 47.6 Å². The molecule has 0 aliphatic heterocycles. The Bertz CT molecular complexity index is 123. The van der Waals surface area contributed by atoms with Crippen molar-refractivity contribution < 1.29 is 4.42 Å². The second-order valence-corrected chi connectivity index (χ2v) is 0.899. The third-order valence-corrected chi connectivity index (χ3v) is 0.347. The minimum absolute atomic E-state index is 1.38. The summed E-state index contributed by atoms with van der Waals surface area (Å²) < 4.78 is 4.47. The molecule has 0 unspecified atom stereocenters. The number of rotatable bonds is 0. The Balaban J connectivity index is 0.000000145. The Morgan fingerprint density at radius 3 is 2.50 bits per heavy atom. The van der Waals surface area contributed by atoms with Crippen molar-refractivity contribution in [1.29, 1.82) is 5.26 Å². The lowest BCUT2D eigenvalue weighted by molar-refractivity contribution is 0.558. The third kappa shape index (κ3) is 4.70. The molecule has 42 valence electrons. The van der Waals surface area contributed by atoms with E-state index in [0.717, 1.165) is 0 Å². The van der Waals surface area contributed by atoms with Crippen molar-refractivity contribution in [2.45, 2.75) is 6.92 Å². The van der Waals surface area contributed by atoms with E-state index in [0.29, 0.717) is 0 Å². The molecule has 0 aliphatic carbocycles. The first kappa shape index (κ1) is 6.70. The van der Waals surface area contributed by atoms with Crippen molar-refractivity contribution >= 4 is 0 Å². The van der Waals surface area contributed by atoms with Gasteiger partial charge in [-0.05, 0) is 0 Å². The predicted octanol–water partition coefficient (Wildman–Crippen LogP) is 1.20. The lowest BCUT2D eigenvalue weighted by Gasteiger charge is -1.47. The smallest absolute Gasteiger partial charge is 0.180 e. The molecule has 0 spiro atoms. The summed E-state index contributed by atoms with van der Waals surface area (Å²) in [4.78, 5) is 3.56. The molecule has 0 aromatic carbocycles. The first-order valence-corrected chi connectivity index (χ1v) is 2.04. The maximum absolute atomic E-state index is 7.32. The van der Waals surface area contributed by atoms with Crippen LogP contribution in [0.2, 0.25) is 0 Å². The van der Waals surface area contributed by atoms with E-state index in [1.165, 1.54) is 19.6 Å². The average molecular weight is 110 g/mol. The molecule has 3 nitrogen and oxygen atoms in total. The Morgan fingerprint density at radius 1 is 1.75 bits per heavy atom. The normalized spacial score (nSPS) is 6.00. The van der Waals surface area contributed by atoms with Gasteiger partial charge in [-0.2, -0.15) is 5.26 Å². The molecule has 0 radical (unpaired) electrons. The Morgan fingerprint density at radius 2 is 2.38 bits per heavy atom. The van der Waals surface area contributed by atoms with E-state index >= 15 is 0 Å². The van der Waals surface area contributed by atoms with Crippen molar-refractivity contribution in [3.63, 3.8) is 0 Å². The number of oxazole rings is 1. The summed E-state index contributed by atoms with van der Waals surface area (Å²) in [5.74, 6) is 0. The first-order valence-electron chi connectivity index (χ1n) is 2.04. The summed E-state index contributed by atoms with van der Waals surface area (Å²) in [6.45, 7) is 1.43. The molecule has 1 heterocycles. The van der Waals surface area contributed by atoms with Crippen molar-refractivity contribution in [1.82, 2.24) is 4.98 Å². The van der Waals surface area contributed by atoms with Crippen molar-refractivity contribution in [3.8, 4) is 6.07 Å². The van der Waals surface area contributed by atoms with Crippen molar-refractivity contribution in [3.05, 3.63) is 18.9 Å². The van der Waals surface area contributed by atoms with Crippen LogP contribution in [0.15, 0.2) is 23.3 Å². The molecular formula is C5H6N2O. The molecule has 1 rings (SSSR count). The number of aromatic nitrogens is 1. The van der Waals surface area contributed by atoms with Crippen LogP contribution in [0.25, 0.3) is 0 Å². The van der Waals surface area contributed by atoms with E-state index in [4.69, 9.17) is 5.26 Å². The molecule has 0 saturated heterocycles. The zero-order chi connectivity index (χ0) is 6.24. The van der Waals surface area contributed by atoms with Gasteiger partial charge in [0.1, 0.15) is 6.26 Å². The quantitative estimate of drug-likeness (QED) is 0.504. The summed E-state index contributed by atoms with van der Waals surface area (Å²) in [6, 6.07) is 1.75. The number of nitriles is 1. The van der Waals surface area contributed by atoms with Gasteiger partial charge in [0, 0.05) is 6.92 Å². The van der Waals surface area contributed by atoms with Crippen LogP contribution in [0.4, 0.5) is 0 Å². The van der Waals surface area contributed by atoms with Gasteiger partial charge < -0.3 is 4.42 Å².